The second-order valence-electron chi connectivity index (χ2n) is 9.91. The molecule has 4 aliphatic rings. The van der Waals surface area contributed by atoms with E-state index in [1.54, 1.807) is 0 Å². The van der Waals surface area contributed by atoms with Crippen LogP contribution in [0.25, 0.3) is 10.8 Å². The summed E-state index contributed by atoms with van der Waals surface area (Å²) < 4.78 is 0. The Kier molecular flexibility index (Phi) is 4.45. The number of nitrogen functional groups attached to an aromatic ring is 1. The molecule has 0 radical (unpaired) electrons. The number of nitrogens with two attached hydrogens (primary N) is 1. The van der Waals surface area contributed by atoms with Gasteiger partial charge in [0, 0.05) is 11.1 Å². The summed E-state index contributed by atoms with van der Waals surface area (Å²) in [5, 5.41) is 5.62. The van der Waals surface area contributed by atoms with Crippen LogP contribution in [0.1, 0.15) is 48.9 Å². The quantitative estimate of drug-likeness (QED) is 0.450. The molecule has 1 heterocycles. The van der Waals surface area contributed by atoms with Gasteiger partial charge in [-0.1, -0.05) is 36.4 Å². The standard InChI is InChI=1S/C25H28N6O/c26-21-22(29-25-11-15-8-16(12-25)10-17(9-15)13-25)27-14-28-23(21)30-31-24(32)20-7-3-5-18-4-1-2-6-19(18)20/h1-7,14-17H,8-13,26H2,(H,31,32)(H2,27,28,29,30). The minimum absolute atomic E-state index is 0.0979. The monoisotopic (exact) mass is 428 g/mol. The summed E-state index contributed by atoms with van der Waals surface area (Å²) in [6.45, 7) is 0. The molecule has 4 bridgehead atoms. The average molecular weight is 429 g/mol. The van der Waals surface area contributed by atoms with Crippen molar-refractivity contribution in [2.75, 3.05) is 16.5 Å². The number of nitrogens with one attached hydrogen (secondary N) is 3. The second kappa shape index (κ2) is 7.36. The maximum Gasteiger partial charge on any atom is 0.270 e. The number of rotatable bonds is 5. The van der Waals surface area contributed by atoms with E-state index in [2.05, 4.69) is 26.1 Å². The van der Waals surface area contributed by atoms with Crippen LogP contribution in [-0.4, -0.2) is 21.4 Å². The van der Waals surface area contributed by atoms with E-state index >= 15 is 0 Å². The molecule has 1 aromatic heterocycles. The third-order valence-corrected chi connectivity index (χ3v) is 7.63. The first-order valence-electron chi connectivity index (χ1n) is 11.5. The Hall–Kier alpha value is -3.35. The minimum atomic E-state index is -0.240. The molecular weight excluding hydrogens is 400 g/mol. The molecule has 2 aromatic carbocycles. The summed E-state index contributed by atoms with van der Waals surface area (Å²) in [7, 11) is 0. The van der Waals surface area contributed by atoms with Gasteiger partial charge in [0.2, 0.25) is 0 Å². The lowest BCUT2D eigenvalue weighted by Crippen LogP contribution is -2.55. The number of hydrogen-bond acceptors (Lipinski definition) is 6. The van der Waals surface area contributed by atoms with Crippen LogP contribution in [0.3, 0.4) is 0 Å². The number of amides is 1. The minimum Gasteiger partial charge on any atom is -0.393 e. The third-order valence-electron chi connectivity index (χ3n) is 7.63. The van der Waals surface area contributed by atoms with Crippen LogP contribution in [0.4, 0.5) is 17.3 Å². The molecule has 0 atom stereocenters. The molecule has 7 rings (SSSR count). The largest absolute Gasteiger partial charge is 0.393 e. The van der Waals surface area contributed by atoms with Gasteiger partial charge in [0.05, 0.1) is 0 Å². The zero-order valence-electron chi connectivity index (χ0n) is 18.0. The molecule has 5 N–H and O–H groups in total. The highest BCUT2D eigenvalue weighted by molar-refractivity contribution is 6.07. The van der Waals surface area contributed by atoms with Crippen molar-refractivity contribution in [1.29, 1.82) is 0 Å². The molecule has 7 heteroatoms. The van der Waals surface area contributed by atoms with Crippen molar-refractivity contribution in [3.8, 4) is 0 Å². The molecule has 4 saturated carbocycles. The van der Waals surface area contributed by atoms with Gasteiger partial charge in [0.1, 0.15) is 12.0 Å². The molecular formula is C25H28N6O. The van der Waals surface area contributed by atoms with E-state index in [9.17, 15) is 4.79 Å². The Morgan fingerprint density at radius 2 is 1.56 bits per heavy atom. The highest BCUT2D eigenvalue weighted by Gasteiger charge is 2.51. The van der Waals surface area contributed by atoms with Crippen molar-refractivity contribution >= 4 is 34.0 Å². The fourth-order valence-electron chi connectivity index (χ4n) is 6.72. The normalized spacial score (nSPS) is 27.9. The molecule has 32 heavy (non-hydrogen) atoms. The van der Waals surface area contributed by atoms with E-state index < -0.39 is 0 Å². The fourth-order valence-corrected chi connectivity index (χ4v) is 6.72. The number of hydrazine groups is 1. The summed E-state index contributed by atoms with van der Waals surface area (Å²) in [5.74, 6) is 3.30. The Labute approximate surface area is 187 Å². The number of aromatic nitrogens is 2. The number of carbonyl (C=O) groups is 1. The van der Waals surface area contributed by atoms with E-state index in [1.165, 1.54) is 44.9 Å². The molecule has 164 valence electrons. The summed E-state index contributed by atoms with van der Waals surface area (Å²) in [6.07, 6.45) is 9.23. The molecule has 0 aliphatic heterocycles. The van der Waals surface area contributed by atoms with E-state index in [0.717, 1.165) is 28.5 Å². The van der Waals surface area contributed by atoms with Crippen molar-refractivity contribution in [1.82, 2.24) is 15.4 Å². The zero-order valence-corrected chi connectivity index (χ0v) is 18.0. The summed E-state index contributed by atoms with van der Waals surface area (Å²) in [4.78, 5) is 21.6. The van der Waals surface area contributed by atoms with Gasteiger partial charge < -0.3 is 11.1 Å². The highest BCUT2D eigenvalue weighted by atomic mass is 16.2. The van der Waals surface area contributed by atoms with Crippen molar-refractivity contribution < 1.29 is 4.79 Å². The number of fused-ring (bicyclic) bond motifs is 1. The van der Waals surface area contributed by atoms with E-state index in [1.807, 2.05) is 42.5 Å². The Bertz CT molecular complexity index is 1150. The van der Waals surface area contributed by atoms with Gasteiger partial charge in [0.25, 0.3) is 5.91 Å². The number of hydrogen-bond donors (Lipinski definition) is 4. The van der Waals surface area contributed by atoms with Crippen LogP contribution < -0.4 is 21.9 Å². The van der Waals surface area contributed by atoms with Crippen LogP contribution >= 0.6 is 0 Å². The van der Waals surface area contributed by atoms with Gasteiger partial charge >= 0.3 is 0 Å². The van der Waals surface area contributed by atoms with E-state index in [0.29, 0.717) is 22.9 Å². The Morgan fingerprint density at radius 3 is 2.31 bits per heavy atom. The molecule has 1 amide bonds. The first kappa shape index (κ1) is 19.3. The molecule has 4 aliphatic carbocycles. The van der Waals surface area contributed by atoms with E-state index in [4.69, 9.17) is 5.73 Å². The predicted molar refractivity (Wildman–Crippen MR) is 126 cm³/mol. The lowest BCUT2D eigenvalue weighted by molar-refractivity contribution is 0.0106. The summed E-state index contributed by atoms with van der Waals surface area (Å²) in [5.41, 5.74) is 13.2. The van der Waals surface area contributed by atoms with Crippen molar-refractivity contribution in [3.63, 3.8) is 0 Å². The van der Waals surface area contributed by atoms with Crippen molar-refractivity contribution in [2.24, 2.45) is 17.8 Å². The van der Waals surface area contributed by atoms with Gasteiger partial charge in [-0.05, 0) is 73.1 Å². The maximum absolute atomic E-state index is 12.9. The number of anilines is 3. The number of carbonyl (C=O) groups excluding carboxylic acids is 1. The van der Waals surface area contributed by atoms with Crippen LogP contribution in [0.5, 0.6) is 0 Å². The Morgan fingerprint density at radius 1 is 0.906 bits per heavy atom. The SMILES string of the molecule is Nc1c(NNC(=O)c2cccc3ccccc23)ncnc1NC12CC3CC(CC(C3)C1)C2. The summed E-state index contributed by atoms with van der Waals surface area (Å²) >= 11 is 0. The van der Waals surface area contributed by atoms with Crippen molar-refractivity contribution in [2.45, 2.75) is 44.1 Å². The Balaban J connectivity index is 1.19. The molecule has 3 aromatic rings. The van der Waals surface area contributed by atoms with Crippen LogP contribution in [-0.2, 0) is 0 Å². The highest BCUT2D eigenvalue weighted by Crippen LogP contribution is 2.56. The first-order chi connectivity index (χ1) is 15.6. The fraction of sp³-hybridized carbons (Fsp3) is 0.400. The zero-order chi connectivity index (χ0) is 21.7. The maximum atomic E-state index is 12.9. The number of benzene rings is 2. The average Bonchev–Trinajstić information content (AvgIpc) is 2.78. The van der Waals surface area contributed by atoms with Gasteiger partial charge in [-0.2, -0.15) is 0 Å². The van der Waals surface area contributed by atoms with Gasteiger partial charge in [-0.3, -0.25) is 15.6 Å². The summed E-state index contributed by atoms with van der Waals surface area (Å²) in [6, 6.07) is 13.5. The molecule has 4 fully saturated rings. The van der Waals surface area contributed by atoms with Gasteiger partial charge in [-0.15, -0.1) is 0 Å². The predicted octanol–water partition coefficient (Wildman–Crippen LogP) is 4.35. The topological polar surface area (TPSA) is 105 Å². The first-order valence-corrected chi connectivity index (χ1v) is 11.5. The lowest BCUT2D eigenvalue weighted by Gasteiger charge is -2.57. The molecule has 0 spiro atoms. The second-order valence-corrected chi connectivity index (χ2v) is 9.91. The van der Waals surface area contributed by atoms with Crippen LogP contribution in [0.15, 0.2) is 48.8 Å². The van der Waals surface area contributed by atoms with E-state index in [-0.39, 0.29) is 11.4 Å². The molecule has 0 unspecified atom stereocenters. The lowest BCUT2D eigenvalue weighted by atomic mass is 9.53. The molecule has 0 saturated heterocycles. The third kappa shape index (κ3) is 3.32. The van der Waals surface area contributed by atoms with Gasteiger partial charge in [-0.25, -0.2) is 9.97 Å². The number of nitrogens with zero attached hydrogens (tertiary/aromatic N) is 2. The molecule has 7 nitrogen and oxygen atoms in total. The van der Waals surface area contributed by atoms with Crippen LogP contribution in [0, 0.1) is 17.8 Å². The van der Waals surface area contributed by atoms with Crippen LogP contribution in [0.2, 0.25) is 0 Å². The van der Waals surface area contributed by atoms with Gasteiger partial charge in [0.15, 0.2) is 11.6 Å². The van der Waals surface area contributed by atoms with Crippen molar-refractivity contribution in [3.05, 3.63) is 54.4 Å². The smallest absolute Gasteiger partial charge is 0.270 e.